The van der Waals surface area contributed by atoms with Gasteiger partial charge >= 0.3 is 0 Å². The Morgan fingerprint density at radius 2 is 0.800 bits per heavy atom. The largest absolute Gasteiger partial charge is 0.354 e. The third-order valence-electron chi connectivity index (χ3n) is 7.80. The van der Waals surface area contributed by atoms with Crippen molar-refractivity contribution < 1.29 is 24.0 Å². The number of nitrogens with one attached hydrogen (secondary N) is 6. The van der Waals surface area contributed by atoms with Crippen LogP contribution in [0.4, 0.5) is 0 Å². The molecular formula is C34H58N6O5. The maximum Gasteiger partial charge on any atom is 0.243 e. The van der Waals surface area contributed by atoms with E-state index in [1.807, 2.05) is 71.9 Å². The number of likely N-dealkylation sites (N-methyl/N-ethyl adjacent to an activating group) is 1. The Morgan fingerprint density at radius 1 is 0.489 bits per heavy atom. The van der Waals surface area contributed by atoms with Gasteiger partial charge in [0.2, 0.25) is 29.5 Å². The number of amides is 5. The summed E-state index contributed by atoms with van der Waals surface area (Å²) in [7, 11) is 1.69. The van der Waals surface area contributed by atoms with E-state index in [-0.39, 0.29) is 41.4 Å². The van der Waals surface area contributed by atoms with E-state index in [1.165, 1.54) is 0 Å². The van der Waals surface area contributed by atoms with Gasteiger partial charge < -0.3 is 31.9 Å². The number of rotatable bonds is 18. The molecule has 0 radical (unpaired) electrons. The first kappa shape index (κ1) is 39.6. The van der Waals surface area contributed by atoms with Gasteiger partial charge in [0.15, 0.2) is 0 Å². The Labute approximate surface area is 270 Å². The average Bonchev–Trinajstić information content (AvgIpc) is 2.95. The van der Waals surface area contributed by atoms with Gasteiger partial charge in [-0.15, -0.1) is 0 Å². The first-order valence-electron chi connectivity index (χ1n) is 16.2. The van der Waals surface area contributed by atoms with Gasteiger partial charge in [-0.2, -0.15) is 0 Å². The molecule has 0 saturated heterocycles. The molecule has 6 N–H and O–H groups in total. The van der Waals surface area contributed by atoms with Crippen molar-refractivity contribution in [3.63, 3.8) is 0 Å². The minimum atomic E-state index is -0.961. The van der Waals surface area contributed by atoms with Crippen LogP contribution in [0.5, 0.6) is 0 Å². The lowest BCUT2D eigenvalue weighted by molar-refractivity contribution is -0.136. The zero-order valence-electron chi connectivity index (χ0n) is 29.1. The molecule has 254 valence electrons. The third-order valence-corrected chi connectivity index (χ3v) is 7.80. The molecule has 1 rings (SSSR count). The fraction of sp³-hybridized carbons (Fsp3) is 0.676. The van der Waals surface area contributed by atoms with E-state index < -0.39 is 47.9 Å². The molecule has 5 amide bonds. The van der Waals surface area contributed by atoms with Crippen LogP contribution in [0.1, 0.15) is 74.8 Å². The number of hydrogen-bond donors (Lipinski definition) is 6. The lowest BCUT2D eigenvalue weighted by Crippen LogP contribution is -2.62. The van der Waals surface area contributed by atoms with Gasteiger partial charge in [0, 0.05) is 6.54 Å². The zero-order valence-corrected chi connectivity index (χ0v) is 29.1. The molecular weight excluding hydrogens is 572 g/mol. The Hall–Kier alpha value is -3.47. The van der Waals surface area contributed by atoms with Crippen LogP contribution in [0.25, 0.3) is 0 Å². The highest BCUT2D eigenvalue weighted by Gasteiger charge is 2.35. The van der Waals surface area contributed by atoms with Crippen LogP contribution < -0.4 is 31.9 Å². The second kappa shape index (κ2) is 19.1. The summed E-state index contributed by atoms with van der Waals surface area (Å²) in [5.74, 6) is -3.13. The normalized spacial score (nSPS) is 14.9. The van der Waals surface area contributed by atoms with Crippen molar-refractivity contribution in [3.05, 3.63) is 35.9 Å². The van der Waals surface area contributed by atoms with Gasteiger partial charge in [0.25, 0.3) is 0 Å². The molecule has 0 spiro atoms. The van der Waals surface area contributed by atoms with E-state index in [2.05, 4.69) is 31.9 Å². The fourth-order valence-corrected chi connectivity index (χ4v) is 4.96. The topological polar surface area (TPSA) is 158 Å². The zero-order chi connectivity index (χ0) is 34.4. The van der Waals surface area contributed by atoms with Gasteiger partial charge in [-0.3, -0.25) is 24.0 Å². The molecule has 0 saturated carbocycles. The van der Waals surface area contributed by atoms with Crippen LogP contribution in [-0.2, 0) is 30.4 Å². The summed E-state index contributed by atoms with van der Waals surface area (Å²) in [4.78, 5) is 66.3. The molecule has 11 heteroatoms. The molecule has 1 aromatic carbocycles. The molecule has 45 heavy (non-hydrogen) atoms. The van der Waals surface area contributed by atoms with Crippen molar-refractivity contribution in [3.8, 4) is 0 Å². The van der Waals surface area contributed by atoms with Crippen molar-refractivity contribution in [2.75, 3.05) is 13.6 Å². The van der Waals surface area contributed by atoms with Crippen LogP contribution in [0.15, 0.2) is 30.3 Å². The van der Waals surface area contributed by atoms with Gasteiger partial charge in [0.1, 0.15) is 24.2 Å². The second-order valence-electron chi connectivity index (χ2n) is 13.5. The number of benzene rings is 1. The van der Waals surface area contributed by atoms with E-state index in [1.54, 1.807) is 34.7 Å². The van der Waals surface area contributed by atoms with Crippen LogP contribution in [0.3, 0.4) is 0 Å². The van der Waals surface area contributed by atoms with E-state index >= 15 is 0 Å². The highest BCUT2D eigenvalue weighted by Crippen LogP contribution is 2.11. The number of carbonyl (C=O) groups excluding carboxylic acids is 5. The summed E-state index contributed by atoms with van der Waals surface area (Å²) < 4.78 is 0. The van der Waals surface area contributed by atoms with Gasteiger partial charge in [-0.25, -0.2) is 0 Å². The van der Waals surface area contributed by atoms with Gasteiger partial charge in [-0.05, 0) is 48.6 Å². The highest BCUT2D eigenvalue weighted by atomic mass is 16.2. The van der Waals surface area contributed by atoms with E-state index in [9.17, 15) is 24.0 Å². The lowest BCUT2D eigenvalue weighted by Gasteiger charge is -2.31. The number of carbonyl (C=O) groups is 5. The smallest absolute Gasteiger partial charge is 0.243 e. The SMILES string of the molecule is CN[C@H](C(=O)N[C@H](C(=O)N[C@H](C(=O)N[C@H](C(=O)N[C@H](C(=O)NCCc1ccccc1)C(C)C)C(C)C)C(C)C)C(C)C)C(C)C. The molecule has 0 aliphatic rings. The molecule has 0 unspecified atom stereocenters. The molecule has 11 nitrogen and oxygen atoms in total. The first-order valence-corrected chi connectivity index (χ1v) is 16.2. The van der Waals surface area contributed by atoms with Crippen molar-refractivity contribution in [1.82, 2.24) is 31.9 Å². The maximum atomic E-state index is 13.5. The van der Waals surface area contributed by atoms with Crippen molar-refractivity contribution >= 4 is 29.5 Å². The number of hydrogen-bond acceptors (Lipinski definition) is 6. The van der Waals surface area contributed by atoms with Crippen molar-refractivity contribution in [2.24, 2.45) is 29.6 Å². The van der Waals surface area contributed by atoms with Crippen LogP contribution in [0.2, 0.25) is 0 Å². The summed E-state index contributed by atoms with van der Waals surface area (Å²) >= 11 is 0. The maximum absolute atomic E-state index is 13.5. The predicted octanol–water partition coefficient (Wildman–Crippen LogP) is 2.15. The summed E-state index contributed by atoms with van der Waals surface area (Å²) in [6.45, 7) is 18.8. The van der Waals surface area contributed by atoms with E-state index in [0.29, 0.717) is 13.0 Å². The standard InChI is InChI=1S/C34H58N6O5/c1-19(2)25(35-11)31(42)38-27(21(5)6)33(44)40-29(23(9)10)34(45)39-28(22(7)8)32(43)37-26(20(3)4)30(41)36-18-17-24-15-13-12-14-16-24/h12-16,19-23,25-29,35H,17-18H2,1-11H3,(H,36,41)(H,37,43)(H,38,42)(H,39,45)(H,40,44)/t25-,26-,27-,28-,29-/m0/s1. The van der Waals surface area contributed by atoms with Crippen LogP contribution in [-0.4, -0.2) is 73.3 Å². The Balaban J connectivity index is 2.98. The molecule has 0 heterocycles. The minimum absolute atomic E-state index is 0.00911. The molecule has 5 atom stereocenters. The summed E-state index contributed by atoms with van der Waals surface area (Å²) in [6.07, 6.45) is 0.660. The van der Waals surface area contributed by atoms with Gasteiger partial charge in [-0.1, -0.05) is 99.6 Å². The molecule has 0 bridgehead atoms. The monoisotopic (exact) mass is 630 g/mol. The van der Waals surface area contributed by atoms with Crippen LogP contribution in [0, 0.1) is 29.6 Å². The molecule has 0 aliphatic carbocycles. The Morgan fingerprint density at radius 3 is 1.11 bits per heavy atom. The van der Waals surface area contributed by atoms with Crippen molar-refractivity contribution in [1.29, 1.82) is 0 Å². The molecule has 0 aliphatic heterocycles. The van der Waals surface area contributed by atoms with Crippen LogP contribution >= 0.6 is 0 Å². The van der Waals surface area contributed by atoms with Gasteiger partial charge in [0.05, 0.1) is 6.04 Å². The van der Waals surface area contributed by atoms with Crippen molar-refractivity contribution in [2.45, 2.75) is 106 Å². The quantitative estimate of drug-likeness (QED) is 0.146. The Bertz CT molecular complexity index is 1110. The van der Waals surface area contributed by atoms with E-state index in [4.69, 9.17) is 0 Å². The molecule has 1 aromatic rings. The van der Waals surface area contributed by atoms with E-state index in [0.717, 1.165) is 5.56 Å². The Kier molecular flexibility index (Phi) is 16.8. The fourth-order valence-electron chi connectivity index (χ4n) is 4.96. The second-order valence-corrected chi connectivity index (χ2v) is 13.5. The third kappa shape index (κ3) is 12.8. The highest BCUT2D eigenvalue weighted by molar-refractivity contribution is 5.96. The summed E-state index contributed by atoms with van der Waals surface area (Å²) in [5, 5.41) is 17.2. The predicted molar refractivity (Wildman–Crippen MR) is 178 cm³/mol. The minimum Gasteiger partial charge on any atom is -0.354 e. The first-order chi connectivity index (χ1) is 21.0. The molecule has 0 fully saturated rings. The lowest BCUT2D eigenvalue weighted by atomic mass is 9.96. The summed E-state index contributed by atoms with van der Waals surface area (Å²) in [6, 6.07) is 5.75. The average molecular weight is 631 g/mol. The molecule has 0 aromatic heterocycles. The summed E-state index contributed by atoms with van der Waals surface area (Å²) in [5.41, 5.74) is 1.09.